The number of carbonyl (C=O) groups is 1. The zero-order valence-electron chi connectivity index (χ0n) is 13.3. The predicted octanol–water partition coefficient (Wildman–Crippen LogP) is 2.46. The van der Waals surface area contributed by atoms with Gasteiger partial charge < -0.3 is 5.11 Å². The summed E-state index contributed by atoms with van der Waals surface area (Å²) in [5.41, 5.74) is 0.102. The number of carboxylic acids is 1. The van der Waals surface area contributed by atoms with Gasteiger partial charge >= 0.3 is 5.97 Å². The van der Waals surface area contributed by atoms with E-state index < -0.39 is 17.3 Å². The third kappa shape index (κ3) is 2.28. The second-order valence-electron chi connectivity index (χ2n) is 6.80. The molecule has 0 atom stereocenters. The number of aromatic carboxylic acids is 1. The summed E-state index contributed by atoms with van der Waals surface area (Å²) in [5.74, 6) is -2.22. The number of aromatic nitrogens is 2. The van der Waals surface area contributed by atoms with Crippen molar-refractivity contribution in [3.05, 3.63) is 33.9 Å². The first-order valence-electron chi connectivity index (χ1n) is 7.98. The van der Waals surface area contributed by atoms with Gasteiger partial charge in [0.1, 0.15) is 5.82 Å². The third-order valence-electron chi connectivity index (χ3n) is 5.35. The monoisotopic (exact) mass is 351 g/mol. The zero-order chi connectivity index (χ0) is 17.1. The van der Waals surface area contributed by atoms with Crippen molar-refractivity contribution < 1.29 is 14.3 Å². The molecule has 0 bridgehead atoms. The largest absolute Gasteiger partial charge is 0.478 e. The van der Waals surface area contributed by atoms with Crippen LogP contribution in [0.2, 0.25) is 0 Å². The van der Waals surface area contributed by atoms with E-state index in [9.17, 15) is 14.0 Å². The second-order valence-corrected chi connectivity index (χ2v) is 7.83. The molecule has 1 N–H and O–H groups in total. The van der Waals surface area contributed by atoms with Crippen LogP contribution in [0, 0.1) is 11.2 Å². The Morgan fingerprint density at radius 2 is 2.08 bits per heavy atom. The van der Waals surface area contributed by atoms with Crippen LogP contribution in [0.5, 0.6) is 0 Å². The van der Waals surface area contributed by atoms with Crippen LogP contribution in [0.4, 0.5) is 4.39 Å². The second kappa shape index (κ2) is 5.35. The van der Waals surface area contributed by atoms with Crippen molar-refractivity contribution in [1.29, 1.82) is 0 Å². The molecular weight excluding hydrogens is 333 g/mol. The van der Waals surface area contributed by atoms with E-state index in [0.29, 0.717) is 10.9 Å². The van der Waals surface area contributed by atoms with Crippen molar-refractivity contribution in [2.75, 3.05) is 13.1 Å². The molecule has 24 heavy (non-hydrogen) atoms. The lowest BCUT2D eigenvalue weighted by molar-refractivity contribution is 0.0692. The van der Waals surface area contributed by atoms with E-state index in [0.717, 1.165) is 25.6 Å². The number of nitrogens with zero attached hydrogens (tertiary/aromatic N) is 3. The van der Waals surface area contributed by atoms with Crippen LogP contribution in [0.1, 0.15) is 36.0 Å². The molecular formula is C16H18FN3O3S. The number of rotatable bonds is 3. The van der Waals surface area contributed by atoms with Crippen LogP contribution >= 0.6 is 12.1 Å². The van der Waals surface area contributed by atoms with Gasteiger partial charge in [-0.25, -0.2) is 13.5 Å². The molecule has 2 fully saturated rings. The van der Waals surface area contributed by atoms with E-state index in [1.54, 1.807) is 11.7 Å². The maximum Gasteiger partial charge on any atom is 0.338 e. The number of benzene rings is 1. The van der Waals surface area contributed by atoms with E-state index in [1.807, 2.05) is 0 Å². The van der Waals surface area contributed by atoms with Gasteiger partial charge in [0.2, 0.25) is 0 Å². The molecule has 0 unspecified atom stereocenters. The summed E-state index contributed by atoms with van der Waals surface area (Å²) < 4.78 is 19.1. The first-order chi connectivity index (χ1) is 11.4. The highest BCUT2D eigenvalue weighted by Gasteiger charge is 2.43. The lowest BCUT2D eigenvalue weighted by Crippen LogP contribution is -2.32. The molecule has 1 saturated carbocycles. The molecule has 128 valence electrons. The normalized spacial score (nSPS) is 19.9. The summed E-state index contributed by atoms with van der Waals surface area (Å²) in [4.78, 5) is 23.7. The number of carboxylic acid groups (broad SMARTS) is 1. The van der Waals surface area contributed by atoms with Crippen molar-refractivity contribution in [3.8, 4) is 0 Å². The van der Waals surface area contributed by atoms with Gasteiger partial charge in [-0.05, 0) is 36.8 Å². The SMILES string of the molecule is Cn1c2cc(C(=O)O)c(F)cc2c(=O)n1SN1CCC2(CCC2)C1. The fourth-order valence-electron chi connectivity index (χ4n) is 3.75. The van der Waals surface area contributed by atoms with Crippen LogP contribution in [-0.4, -0.2) is 37.2 Å². The van der Waals surface area contributed by atoms with Crippen molar-refractivity contribution in [1.82, 2.24) is 13.1 Å². The van der Waals surface area contributed by atoms with Gasteiger partial charge in [0.25, 0.3) is 5.56 Å². The first kappa shape index (κ1) is 15.7. The Morgan fingerprint density at radius 3 is 2.67 bits per heavy atom. The molecule has 0 radical (unpaired) electrons. The molecule has 4 rings (SSSR count). The van der Waals surface area contributed by atoms with E-state index in [2.05, 4.69) is 4.31 Å². The fourth-order valence-corrected chi connectivity index (χ4v) is 4.85. The van der Waals surface area contributed by atoms with Crippen LogP contribution in [0.3, 0.4) is 0 Å². The van der Waals surface area contributed by atoms with Crippen molar-refractivity contribution >= 4 is 29.0 Å². The number of aryl methyl sites for hydroxylation is 1. The van der Waals surface area contributed by atoms with Crippen LogP contribution < -0.4 is 5.56 Å². The Bertz CT molecular complexity index is 900. The molecule has 8 heteroatoms. The molecule has 2 aliphatic rings. The van der Waals surface area contributed by atoms with Crippen molar-refractivity contribution in [2.24, 2.45) is 12.5 Å². The highest BCUT2D eigenvalue weighted by atomic mass is 32.2. The molecule has 1 aliphatic carbocycles. The summed E-state index contributed by atoms with van der Waals surface area (Å²) >= 11 is 1.33. The average molecular weight is 351 g/mol. The minimum Gasteiger partial charge on any atom is -0.478 e. The Hall–Kier alpha value is -1.80. The van der Waals surface area contributed by atoms with Gasteiger partial charge in [-0.15, -0.1) is 0 Å². The molecule has 2 heterocycles. The molecule has 1 spiro atoms. The average Bonchev–Trinajstić information content (AvgIpc) is 3.03. The van der Waals surface area contributed by atoms with E-state index in [1.165, 1.54) is 41.5 Å². The number of halogens is 1. The zero-order valence-corrected chi connectivity index (χ0v) is 14.1. The first-order valence-corrected chi connectivity index (χ1v) is 8.71. The van der Waals surface area contributed by atoms with E-state index >= 15 is 0 Å². The number of hydrogen-bond donors (Lipinski definition) is 1. The van der Waals surface area contributed by atoms with Gasteiger partial charge in [-0.3, -0.25) is 9.48 Å². The number of fused-ring (bicyclic) bond motifs is 1. The third-order valence-corrected chi connectivity index (χ3v) is 6.46. The predicted molar refractivity (Wildman–Crippen MR) is 89.6 cm³/mol. The van der Waals surface area contributed by atoms with Gasteiger partial charge in [0, 0.05) is 20.1 Å². The Labute approximate surface area is 142 Å². The van der Waals surface area contributed by atoms with E-state index in [-0.39, 0.29) is 10.9 Å². The van der Waals surface area contributed by atoms with Crippen LogP contribution in [0.25, 0.3) is 10.9 Å². The van der Waals surface area contributed by atoms with Gasteiger partial charge in [0.05, 0.1) is 28.6 Å². The van der Waals surface area contributed by atoms with E-state index in [4.69, 9.17) is 5.11 Å². The highest BCUT2D eigenvalue weighted by Crippen LogP contribution is 2.49. The van der Waals surface area contributed by atoms with Gasteiger partial charge in [-0.1, -0.05) is 6.42 Å². The van der Waals surface area contributed by atoms with Crippen molar-refractivity contribution in [3.63, 3.8) is 0 Å². The molecule has 6 nitrogen and oxygen atoms in total. The molecule has 2 aromatic rings. The minimum atomic E-state index is -1.34. The maximum atomic E-state index is 13.9. The quantitative estimate of drug-likeness (QED) is 0.861. The Balaban J connectivity index is 1.71. The minimum absolute atomic E-state index is 0.199. The molecule has 1 aromatic carbocycles. The lowest BCUT2D eigenvalue weighted by atomic mass is 9.68. The molecule has 1 saturated heterocycles. The van der Waals surface area contributed by atoms with Gasteiger partial charge in [0.15, 0.2) is 0 Å². The van der Waals surface area contributed by atoms with Crippen LogP contribution in [0.15, 0.2) is 16.9 Å². The molecule has 1 aliphatic heterocycles. The topological polar surface area (TPSA) is 67.5 Å². The number of hydrogen-bond acceptors (Lipinski definition) is 4. The standard InChI is InChI=1S/C16H18FN3O3S/c1-18-13-8-10(15(22)23)12(17)7-11(13)14(21)20(18)24-19-6-5-16(9-19)3-2-4-16/h7-8H,2-6,9H2,1H3,(H,22,23). The summed E-state index contributed by atoms with van der Waals surface area (Å²) in [5, 5.41) is 9.26. The summed E-state index contributed by atoms with van der Waals surface area (Å²) in [6.45, 7) is 1.88. The smallest absolute Gasteiger partial charge is 0.338 e. The fraction of sp³-hybridized carbons (Fsp3) is 0.500. The van der Waals surface area contributed by atoms with Gasteiger partial charge in [-0.2, -0.15) is 4.09 Å². The van der Waals surface area contributed by atoms with Crippen LogP contribution in [-0.2, 0) is 7.05 Å². The Morgan fingerprint density at radius 1 is 1.33 bits per heavy atom. The lowest BCUT2D eigenvalue weighted by Gasteiger charge is -2.37. The summed E-state index contributed by atoms with van der Waals surface area (Å²) in [7, 11) is 1.69. The van der Waals surface area contributed by atoms with Crippen molar-refractivity contribution in [2.45, 2.75) is 25.7 Å². The summed E-state index contributed by atoms with van der Waals surface area (Å²) in [6.07, 6.45) is 4.93. The highest BCUT2D eigenvalue weighted by molar-refractivity contribution is 7.95. The molecule has 1 aromatic heterocycles. The maximum absolute atomic E-state index is 13.9. The summed E-state index contributed by atoms with van der Waals surface area (Å²) in [6, 6.07) is 2.25. The Kier molecular flexibility index (Phi) is 3.50. The molecule has 0 amide bonds.